The molecular formula is C28H30N6O4. The highest BCUT2D eigenvalue weighted by Gasteiger charge is 2.50. The summed E-state index contributed by atoms with van der Waals surface area (Å²) >= 11 is 0. The smallest absolute Gasteiger partial charge is 0.334 e. The molecule has 0 bridgehead atoms. The Morgan fingerprint density at radius 1 is 1.00 bits per heavy atom. The number of likely N-dealkylation sites (N-methyl/N-ethyl adjacent to an activating group) is 1. The van der Waals surface area contributed by atoms with Crippen molar-refractivity contribution in [1.29, 1.82) is 0 Å². The van der Waals surface area contributed by atoms with Gasteiger partial charge in [0.05, 0.1) is 25.3 Å². The number of aromatic hydroxyl groups is 1. The number of carbonyl (C=O) groups excluding carboxylic acids is 3. The van der Waals surface area contributed by atoms with Gasteiger partial charge in [-0.15, -0.1) is 0 Å². The fourth-order valence-corrected chi connectivity index (χ4v) is 5.04. The van der Waals surface area contributed by atoms with Crippen LogP contribution in [0.4, 0.5) is 4.79 Å². The predicted octanol–water partition coefficient (Wildman–Crippen LogP) is 1.97. The van der Waals surface area contributed by atoms with Crippen molar-refractivity contribution in [2.45, 2.75) is 31.7 Å². The van der Waals surface area contributed by atoms with Crippen molar-refractivity contribution in [3.05, 3.63) is 95.8 Å². The standard InChI is InChI=1S/C28H30N6O4/c1-31-19-26(36)33-24(15-20-10-12-23(35)13-11-20)27(37)32(17-22-9-5-6-14-29-22)18-25(33)34(31)28(38)30-16-21-7-3-2-4-8-21/h2-14,24-25,35H,15-19H2,1H3,(H,30,38)/t24-,25?/m0/s1. The normalized spacial score (nSPS) is 19.9. The summed E-state index contributed by atoms with van der Waals surface area (Å²) in [7, 11) is 1.70. The zero-order valence-corrected chi connectivity index (χ0v) is 21.1. The van der Waals surface area contributed by atoms with Gasteiger partial charge in [-0.05, 0) is 35.4 Å². The lowest BCUT2D eigenvalue weighted by Crippen LogP contribution is -2.76. The van der Waals surface area contributed by atoms with E-state index in [1.165, 1.54) is 5.01 Å². The monoisotopic (exact) mass is 514 g/mol. The van der Waals surface area contributed by atoms with Gasteiger partial charge in [-0.25, -0.2) is 14.8 Å². The second-order valence-electron chi connectivity index (χ2n) is 9.51. The van der Waals surface area contributed by atoms with Crippen LogP contribution in [0.3, 0.4) is 0 Å². The second-order valence-corrected chi connectivity index (χ2v) is 9.51. The van der Waals surface area contributed by atoms with Crippen LogP contribution in [0.5, 0.6) is 5.75 Å². The van der Waals surface area contributed by atoms with Crippen LogP contribution in [-0.2, 0) is 29.1 Å². The Morgan fingerprint density at radius 3 is 2.45 bits per heavy atom. The molecule has 10 nitrogen and oxygen atoms in total. The molecule has 2 aliphatic heterocycles. The predicted molar refractivity (Wildman–Crippen MR) is 139 cm³/mol. The largest absolute Gasteiger partial charge is 0.508 e. The first kappa shape index (κ1) is 25.2. The molecule has 10 heteroatoms. The van der Waals surface area contributed by atoms with Crippen LogP contribution in [0.2, 0.25) is 0 Å². The maximum atomic E-state index is 13.8. The van der Waals surface area contributed by atoms with Crippen LogP contribution in [0.1, 0.15) is 16.8 Å². The molecule has 2 aromatic carbocycles. The molecule has 2 fully saturated rings. The van der Waals surface area contributed by atoms with Gasteiger partial charge in [0.1, 0.15) is 18.0 Å². The zero-order valence-electron chi connectivity index (χ0n) is 21.1. The molecule has 2 aliphatic rings. The summed E-state index contributed by atoms with van der Waals surface area (Å²) in [5.41, 5.74) is 2.47. The van der Waals surface area contributed by atoms with Crippen molar-refractivity contribution in [3.8, 4) is 5.75 Å². The van der Waals surface area contributed by atoms with Crippen molar-refractivity contribution in [2.24, 2.45) is 0 Å². The fraction of sp³-hybridized carbons (Fsp3) is 0.286. The number of aromatic nitrogens is 1. The quantitative estimate of drug-likeness (QED) is 0.521. The molecule has 3 heterocycles. The lowest BCUT2D eigenvalue weighted by Gasteiger charge is -2.54. The molecular weight excluding hydrogens is 484 g/mol. The first-order chi connectivity index (χ1) is 18.4. The van der Waals surface area contributed by atoms with E-state index >= 15 is 0 Å². The number of piperazine rings is 1. The number of amides is 4. The Morgan fingerprint density at radius 2 is 1.74 bits per heavy atom. The third-order valence-electron chi connectivity index (χ3n) is 6.88. The van der Waals surface area contributed by atoms with E-state index in [0.29, 0.717) is 12.2 Å². The molecule has 2 N–H and O–H groups in total. The molecule has 2 atom stereocenters. The van der Waals surface area contributed by atoms with Gasteiger partial charge in [0.2, 0.25) is 11.8 Å². The van der Waals surface area contributed by atoms with E-state index in [2.05, 4.69) is 10.3 Å². The summed E-state index contributed by atoms with van der Waals surface area (Å²) in [5, 5.41) is 15.8. The van der Waals surface area contributed by atoms with Gasteiger partial charge in [0, 0.05) is 26.2 Å². The maximum Gasteiger partial charge on any atom is 0.334 e. The number of fused-ring (bicyclic) bond motifs is 1. The average Bonchev–Trinajstić information content (AvgIpc) is 2.92. The highest BCUT2D eigenvalue weighted by molar-refractivity contribution is 5.91. The second kappa shape index (κ2) is 10.9. The van der Waals surface area contributed by atoms with E-state index < -0.39 is 12.2 Å². The fourth-order valence-electron chi connectivity index (χ4n) is 5.04. The van der Waals surface area contributed by atoms with E-state index in [1.807, 2.05) is 48.5 Å². The summed E-state index contributed by atoms with van der Waals surface area (Å²) < 4.78 is 0. The van der Waals surface area contributed by atoms with Gasteiger partial charge in [-0.1, -0.05) is 48.5 Å². The van der Waals surface area contributed by atoms with Gasteiger partial charge in [0.25, 0.3) is 0 Å². The van der Waals surface area contributed by atoms with E-state index in [0.717, 1.165) is 11.1 Å². The molecule has 5 rings (SSSR count). The highest BCUT2D eigenvalue weighted by Crippen LogP contribution is 2.29. The van der Waals surface area contributed by atoms with Gasteiger partial charge >= 0.3 is 6.03 Å². The molecule has 2 saturated heterocycles. The Kier molecular flexibility index (Phi) is 7.23. The minimum absolute atomic E-state index is 0.0329. The molecule has 1 aromatic heterocycles. The molecule has 38 heavy (non-hydrogen) atoms. The molecule has 0 spiro atoms. The molecule has 0 saturated carbocycles. The van der Waals surface area contributed by atoms with Crippen LogP contribution in [0, 0.1) is 0 Å². The van der Waals surface area contributed by atoms with Gasteiger partial charge < -0.3 is 20.2 Å². The van der Waals surface area contributed by atoms with E-state index in [-0.39, 0.29) is 49.7 Å². The van der Waals surface area contributed by atoms with Crippen molar-refractivity contribution < 1.29 is 19.5 Å². The van der Waals surface area contributed by atoms with Gasteiger partial charge in [0.15, 0.2) is 0 Å². The number of benzene rings is 2. The van der Waals surface area contributed by atoms with Crippen molar-refractivity contribution in [3.63, 3.8) is 0 Å². The van der Waals surface area contributed by atoms with Crippen LogP contribution in [0.15, 0.2) is 79.0 Å². The number of hydrogen-bond donors (Lipinski definition) is 2. The minimum atomic E-state index is -0.812. The molecule has 0 radical (unpaired) electrons. The number of hydrogen-bond acceptors (Lipinski definition) is 6. The van der Waals surface area contributed by atoms with Crippen molar-refractivity contribution in [2.75, 3.05) is 20.1 Å². The van der Waals surface area contributed by atoms with Crippen molar-refractivity contribution in [1.82, 2.24) is 30.1 Å². The Balaban J connectivity index is 1.45. The summed E-state index contributed by atoms with van der Waals surface area (Å²) in [6, 6.07) is 20.5. The number of nitrogens with zero attached hydrogens (tertiary/aromatic N) is 5. The average molecular weight is 515 g/mol. The third-order valence-corrected chi connectivity index (χ3v) is 6.88. The number of urea groups is 1. The lowest BCUT2D eigenvalue weighted by atomic mass is 9.98. The molecule has 196 valence electrons. The van der Waals surface area contributed by atoms with E-state index in [1.54, 1.807) is 52.3 Å². The summed E-state index contributed by atoms with van der Waals surface area (Å²) in [6.45, 7) is 0.705. The SMILES string of the molecule is CN1CC(=O)N2C(CN(Cc3ccccn3)C(=O)[C@@H]2Cc2ccc(O)cc2)N1C(=O)NCc1ccccc1. The Hall–Kier alpha value is -4.44. The summed E-state index contributed by atoms with van der Waals surface area (Å²) in [5.74, 6) is -0.308. The first-order valence-electron chi connectivity index (χ1n) is 12.5. The van der Waals surface area contributed by atoms with E-state index in [4.69, 9.17) is 0 Å². The van der Waals surface area contributed by atoms with E-state index in [9.17, 15) is 19.5 Å². The first-order valence-corrected chi connectivity index (χ1v) is 12.5. The molecule has 3 aromatic rings. The molecule has 0 aliphatic carbocycles. The van der Waals surface area contributed by atoms with Crippen LogP contribution < -0.4 is 5.32 Å². The number of carbonyl (C=O) groups is 3. The maximum absolute atomic E-state index is 13.8. The van der Waals surface area contributed by atoms with Crippen LogP contribution in [-0.4, -0.2) is 80.1 Å². The number of pyridine rings is 1. The van der Waals surface area contributed by atoms with Gasteiger partial charge in [-0.3, -0.25) is 14.6 Å². The third kappa shape index (κ3) is 5.30. The summed E-state index contributed by atoms with van der Waals surface area (Å²) in [4.78, 5) is 48.2. The van der Waals surface area contributed by atoms with Crippen LogP contribution >= 0.6 is 0 Å². The Bertz CT molecular complexity index is 1290. The minimum Gasteiger partial charge on any atom is -0.508 e. The molecule has 4 amide bonds. The topological polar surface area (TPSA) is 109 Å². The number of nitrogens with one attached hydrogen (secondary N) is 1. The number of hydrazine groups is 1. The Labute approximate surface area is 221 Å². The van der Waals surface area contributed by atoms with Gasteiger partial charge in [-0.2, -0.15) is 0 Å². The van der Waals surface area contributed by atoms with Crippen LogP contribution in [0.25, 0.3) is 0 Å². The molecule has 1 unspecified atom stereocenters. The number of rotatable bonds is 6. The van der Waals surface area contributed by atoms with Crippen molar-refractivity contribution >= 4 is 17.8 Å². The number of phenolic OH excluding ortho intramolecular Hbond substituents is 1. The zero-order chi connectivity index (χ0) is 26.6. The number of phenols is 1. The summed E-state index contributed by atoms with van der Waals surface area (Å²) in [6.07, 6.45) is 1.23. The lowest BCUT2D eigenvalue weighted by molar-refractivity contribution is -0.187. The highest BCUT2D eigenvalue weighted by atomic mass is 16.3.